The molecule has 4 rings (SSSR count). The van der Waals surface area contributed by atoms with Crippen LogP contribution >= 0.6 is 24.0 Å². The Kier molecular flexibility index (Phi) is 6.45. The fraction of sp³-hybridized carbons (Fsp3) is 0.455. The van der Waals surface area contributed by atoms with Crippen LogP contribution in [0.3, 0.4) is 0 Å². The number of pyridine rings is 1. The van der Waals surface area contributed by atoms with E-state index in [9.17, 15) is 9.59 Å². The molecule has 0 aliphatic carbocycles. The van der Waals surface area contributed by atoms with Crippen LogP contribution in [0.15, 0.2) is 34.1 Å². The van der Waals surface area contributed by atoms with Crippen molar-refractivity contribution in [1.29, 1.82) is 0 Å². The van der Waals surface area contributed by atoms with Crippen molar-refractivity contribution in [2.75, 3.05) is 38.3 Å². The van der Waals surface area contributed by atoms with Gasteiger partial charge in [-0.15, -0.1) is 0 Å². The molecule has 2 aliphatic rings. The number of amides is 1. The number of carbonyl (C=O) groups excluding carboxylic acids is 1. The lowest BCUT2D eigenvalue weighted by molar-refractivity contribution is -0.122. The molecule has 2 fully saturated rings. The van der Waals surface area contributed by atoms with Gasteiger partial charge in [0.15, 0.2) is 0 Å². The summed E-state index contributed by atoms with van der Waals surface area (Å²) < 4.78 is 7.09. The first kappa shape index (κ1) is 22.0. The van der Waals surface area contributed by atoms with Crippen molar-refractivity contribution in [1.82, 2.24) is 14.3 Å². The Morgan fingerprint density at radius 2 is 2.00 bits per heavy atom. The number of methoxy groups -OCH3 is 1. The topological polar surface area (TPSA) is 67.2 Å². The van der Waals surface area contributed by atoms with E-state index in [2.05, 4.69) is 18.7 Å². The lowest BCUT2D eigenvalue weighted by Gasteiger charge is -2.36. The van der Waals surface area contributed by atoms with Crippen molar-refractivity contribution in [3.05, 3.63) is 45.2 Å². The molecule has 2 saturated heterocycles. The van der Waals surface area contributed by atoms with Gasteiger partial charge in [0.25, 0.3) is 11.5 Å². The zero-order valence-corrected chi connectivity index (χ0v) is 19.5. The summed E-state index contributed by atoms with van der Waals surface area (Å²) in [5.74, 6) is 1.44. The summed E-state index contributed by atoms with van der Waals surface area (Å²) in [5.41, 5.74) is 0.837. The van der Waals surface area contributed by atoms with E-state index in [1.54, 1.807) is 25.4 Å². The Balaban J connectivity index is 1.82. The fourth-order valence-electron chi connectivity index (χ4n) is 4.30. The zero-order chi connectivity index (χ0) is 22.1. The van der Waals surface area contributed by atoms with E-state index in [-0.39, 0.29) is 11.5 Å². The van der Waals surface area contributed by atoms with Gasteiger partial charge in [0.05, 0.1) is 23.6 Å². The van der Waals surface area contributed by atoms with Crippen molar-refractivity contribution in [2.24, 2.45) is 11.8 Å². The molecule has 164 valence electrons. The van der Waals surface area contributed by atoms with Gasteiger partial charge in [-0.25, -0.2) is 4.98 Å². The second-order valence-corrected chi connectivity index (χ2v) is 9.94. The SMILES string of the molecule is COCCN1C(=O)/C(=C\c2c(N3CC(C)CC(C)C3)nc3ccccn3c2=O)SC1=S. The van der Waals surface area contributed by atoms with Crippen molar-refractivity contribution in [3.8, 4) is 0 Å². The van der Waals surface area contributed by atoms with Crippen LogP contribution in [0.5, 0.6) is 0 Å². The summed E-state index contributed by atoms with van der Waals surface area (Å²) in [5, 5.41) is 0. The number of ether oxygens (including phenoxy) is 1. The minimum Gasteiger partial charge on any atom is -0.383 e. The number of thiocarbonyl (C=S) groups is 1. The first-order valence-electron chi connectivity index (χ1n) is 10.4. The maximum Gasteiger partial charge on any atom is 0.267 e. The third-order valence-corrected chi connectivity index (χ3v) is 6.96. The van der Waals surface area contributed by atoms with Crippen LogP contribution < -0.4 is 10.5 Å². The number of aromatic nitrogens is 2. The quantitative estimate of drug-likeness (QED) is 0.504. The highest BCUT2D eigenvalue weighted by molar-refractivity contribution is 8.26. The number of hydrogen-bond acceptors (Lipinski definition) is 7. The molecule has 2 atom stereocenters. The molecule has 2 aromatic rings. The van der Waals surface area contributed by atoms with Gasteiger partial charge in [0.1, 0.15) is 15.8 Å². The van der Waals surface area contributed by atoms with Gasteiger partial charge < -0.3 is 9.64 Å². The fourth-order valence-corrected chi connectivity index (χ4v) is 5.59. The number of carbonyl (C=O) groups is 1. The van der Waals surface area contributed by atoms with E-state index in [1.165, 1.54) is 21.1 Å². The number of fused-ring (bicyclic) bond motifs is 1. The van der Waals surface area contributed by atoms with E-state index in [0.29, 0.717) is 51.2 Å². The minimum atomic E-state index is -0.198. The molecule has 7 nitrogen and oxygen atoms in total. The Labute approximate surface area is 191 Å². The predicted molar refractivity (Wildman–Crippen MR) is 128 cm³/mol. The Morgan fingerprint density at radius 3 is 2.71 bits per heavy atom. The minimum absolute atomic E-state index is 0.186. The number of hydrogen-bond donors (Lipinski definition) is 0. The standard InChI is InChI=1S/C22H26N4O3S2/c1-14-10-15(2)13-24(12-14)19-16(20(27)25-7-5-4-6-18(25)23-19)11-17-21(28)26(8-9-29-3)22(30)31-17/h4-7,11,14-15H,8-10,12-13H2,1-3H3/b17-11+. The van der Waals surface area contributed by atoms with Crippen LogP contribution in [-0.4, -0.2) is 57.9 Å². The summed E-state index contributed by atoms with van der Waals surface area (Å²) in [6.07, 6.45) is 4.52. The van der Waals surface area contributed by atoms with Crippen LogP contribution in [0.1, 0.15) is 25.8 Å². The monoisotopic (exact) mass is 458 g/mol. The average Bonchev–Trinajstić information content (AvgIpc) is 3.00. The second kappa shape index (κ2) is 9.10. The van der Waals surface area contributed by atoms with Crippen LogP contribution in [0.4, 0.5) is 5.82 Å². The van der Waals surface area contributed by atoms with Crippen LogP contribution in [-0.2, 0) is 9.53 Å². The van der Waals surface area contributed by atoms with Gasteiger partial charge in [-0.2, -0.15) is 0 Å². The van der Waals surface area contributed by atoms with Crippen molar-refractivity contribution in [2.45, 2.75) is 20.3 Å². The highest BCUT2D eigenvalue weighted by Gasteiger charge is 2.33. The number of piperidine rings is 1. The molecule has 0 aromatic carbocycles. The van der Waals surface area contributed by atoms with Crippen LogP contribution in [0.25, 0.3) is 11.7 Å². The smallest absolute Gasteiger partial charge is 0.267 e. The molecule has 9 heteroatoms. The van der Waals surface area contributed by atoms with E-state index in [1.807, 2.05) is 12.1 Å². The van der Waals surface area contributed by atoms with Crippen molar-refractivity contribution >= 4 is 51.7 Å². The third-order valence-electron chi connectivity index (χ3n) is 5.59. The Hall–Kier alpha value is -2.23. The molecular weight excluding hydrogens is 432 g/mol. The lowest BCUT2D eigenvalue weighted by Crippen LogP contribution is -2.40. The number of anilines is 1. The number of thioether (sulfide) groups is 1. The molecule has 4 heterocycles. The zero-order valence-electron chi connectivity index (χ0n) is 17.9. The highest BCUT2D eigenvalue weighted by Crippen LogP contribution is 2.34. The molecule has 1 amide bonds. The molecule has 0 bridgehead atoms. The maximum absolute atomic E-state index is 13.4. The second-order valence-electron chi connectivity index (χ2n) is 8.26. The average molecular weight is 459 g/mol. The molecule has 2 aliphatic heterocycles. The predicted octanol–water partition coefficient (Wildman–Crippen LogP) is 3.02. The summed E-state index contributed by atoms with van der Waals surface area (Å²) in [6.45, 7) is 6.88. The van der Waals surface area contributed by atoms with Gasteiger partial charge in [-0.1, -0.05) is 43.9 Å². The van der Waals surface area contributed by atoms with Gasteiger partial charge in [-0.3, -0.25) is 18.9 Å². The maximum atomic E-state index is 13.4. The number of nitrogens with zero attached hydrogens (tertiary/aromatic N) is 4. The molecular formula is C22H26N4O3S2. The normalized spacial score (nSPS) is 23.4. The molecule has 2 aromatic heterocycles. The van der Waals surface area contributed by atoms with Gasteiger partial charge in [0, 0.05) is 26.4 Å². The lowest BCUT2D eigenvalue weighted by atomic mass is 9.91. The van der Waals surface area contributed by atoms with E-state index >= 15 is 0 Å². The third kappa shape index (κ3) is 4.40. The van der Waals surface area contributed by atoms with Crippen LogP contribution in [0.2, 0.25) is 0 Å². The van der Waals surface area contributed by atoms with E-state index < -0.39 is 0 Å². The van der Waals surface area contributed by atoms with Gasteiger partial charge >= 0.3 is 0 Å². The Bertz CT molecular complexity index is 1100. The Morgan fingerprint density at radius 1 is 1.26 bits per heavy atom. The molecule has 0 spiro atoms. The first-order chi connectivity index (χ1) is 14.9. The van der Waals surface area contributed by atoms with E-state index in [0.717, 1.165) is 19.5 Å². The highest BCUT2D eigenvalue weighted by atomic mass is 32.2. The molecule has 0 radical (unpaired) electrons. The summed E-state index contributed by atoms with van der Waals surface area (Å²) >= 11 is 6.60. The molecule has 31 heavy (non-hydrogen) atoms. The molecule has 2 unspecified atom stereocenters. The molecule has 0 saturated carbocycles. The van der Waals surface area contributed by atoms with Crippen LogP contribution in [0, 0.1) is 11.8 Å². The first-order valence-corrected chi connectivity index (χ1v) is 11.6. The summed E-state index contributed by atoms with van der Waals surface area (Å²) in [7, 11) is 1.59. The summed E-state index contributed by atoms with van der Waals surface area (Å²) in [6, 6.07) is 5.50. The van der Waals surface area contributed by atoms with E-state index in [4.69, 9.17) is 21.9 Å². The molecule has 0 N–H and O–H groups in total. The van der Waals surface area contributed by atoms with Gasteiger partial charge in [-0.05, 0) is 36.5 Å². The largest absolute Gasteiger partial charge is 0.383 e. The number of rotatable bonds is 5. The summed E-state index contributed by atoms with van der Waals surface area (Å²) in [4.78, 5) is 35.4. The van der Waals surface area contributed by atoms with Gasteiger partial charge in [0.2, 0.25) is 0 Å². The van der Waals surface area contributed by atoms with Crippen molar-refractivity contribution in [3.63, 3.8) is 0 Å². The van der Waals surface area contributed by atoms with Crippen molar-refractivity contribution < 1.29 is 9.53 Å².